The second-order valence-corrected chi connectivity index (χ2v) is 3.39. The van der Waals surface area contributed by atoms with Crippen LogP contribution in [0.25, 0.3) is 0 Å². The van der Waals surface area contributed by atoms with Crippen molar-refractivity contribution in [2.75, 3.05) is 5.32 Å². The number of aryl methyl sites for hydroxylation is 1. The first kappa shape index (κ1) is 11.0. The number of para-hydroxylation sites is 1. The van der Waals surface area contributed by atoms with E-state index in [4.69, 9.17) is 0 Å². The van der Waals surface area contributed by atoms with Gasteiger partial charge in [-0.05, 0) is 18.6 Å². The molecular weight excluding hydrogens is 220 g/mol. The van der Waals surface area contributed by atoms with E-state index in [9.17, 15) is 9.90 Å². The molecule has 0 saturated heterocycles. The maximum Gasteiger partial charge on any atom is 0.261 e. The van der Waals surface area contributed by atoms with Crippen molar-refractivity contribution < 1.29 is 9.90 Å². The lowest BCUT2D eigenvalue weighted by Gasteiger charge is -2.06. The van der Waals surface area contributed by atoms with Gasteiger partial charge in [0, 0.05) is 0 Å². The van der Waals surface area contributed by atoms with Gasteiger partial charge < -0.3 is 5.11 Å². The lowest BCUT2D eigenvalue weighted by molar-refractivity contribution is 0.102. The van der Waals surface area contributed by atoms with Crippen LogP contribution < -0.4 is 5.32 Å². The zero-order chi connectivity index (χ0) is 12.3. The van der Waals surface area contributed by atoms with E-state index in [1.165, 1.54) is 18.5 Å². The number of benzene rings is 1. The molecule has 0 fully saturated rings. The van der Waals surface area contributed by atoms with E-state index in [1.807, 2.05) is 0 Å². The molecule has 86 valence electrons. The molecule has 0 atom stereocenters. The smallest absolute Gasteiger partial charge is 0.261 e. The summed E-state index contributed by atoms with van der Waals surface area (Å²) in [5.41, 5.74) is 0.808. The highest BCUT2D eigenvalue weighted by molar-refractivity contribution is 6.05. The summed E-state index contributed by atoms with van der Waals surface area (Å²) in [5.74, 6) is -0.425. The third kappa shape index (κ3) is 2.36. The van der Waals surface area contributed by atoms with Crippen molar-refractivity contribution in [2.24, 2.45) is 0 Å². The van der Waals surface area contributed by atoms with Crippen molar-refractivity contribution in [3.8, 4) is 5.75 Å². The molecule has 2 rings (SSSR count). The molecule has 17 heavy (non-hydrogen) atoms. The van der Waals surface area contributed by atoms with Gasteiger partial charge in [0.15, 0.2) is 0 Å². The Morgan fingerprint density at radius 1 is 1.35 bits per heavy atom. The number of hydrogen-bond donors (Lipinski definition) is 2. The van der Waals surface area contributed by atoms with Crippen LogP contribution in [0.1, 0.15) is 15.9 Å². The molecule has 0 aliphatic carbocycles. The molecule has 6 nitrogen and oxygen atoms in total. The van der Waals surface area contributed by atoms with E-state index in [0.717, 1.165) is 0 Å². The fourth-order valence-electron chi connectivity index (χ4n) is 1.32. The van der Waals surface area contributed by atoms with Crippen molar-refractivity contribution in [1.29, 1.82) is 0 Å². The van der Waals surface area contributed by atoms with Crippen LogP contribution in [0.5, 0.6) is 5.75 Å². The minimum atomic E-state index is -0.473. The first-order chi connectivity index (χ1) is 8.18. The van der Waals surface area contributed by atoms with Gasteiger partial charge in [0.05, 0.1) is 18.0 Å². The summed E-state index contributed by atoms with van der Waals surface area (Å²) < 4.78 is 0. The quantitative estimate of drug-likeness (QED) is 0.807. The molecule has 0 aliphatic rings. The Balaban J connectivity index is 2.24. The monoisotopic (exact) mass is 230 g/mol. The molecule has 0 spiro atoms. The van der Waals surface area contributed by atoms with Crippen LogP contribution in [0.2, 0.25) is 0 Å². The summed E-state index contributed by atoms with van der Waals surface area (Å²) in [4.78, 5) is 15.6. The van der Waals surface area contributed by atoms with Crippen molar-refractivity contribution in [1.82, 2.24) is 15.2 Å². The molecule has 1 heterocycles. The van der Waals surface area contributed by atoms with Gasteiger partial charge in [-0.3, -0.25) is 10.1 Å². The number of nitrogens with one attached hydrogen (secondary N) is 1. The van der Waals surface area contributed by atoms with Gasteiger partial charge in [-0.2, -0.15) is 5.10 Å². The average Bonchev–Trinajstić information content (AvgIpc) is 2.34. The van der Waals surface area contributed by atoms with Gasteiger partial charge in [0.1, 0.15) is 5.75 Å². The molecule has 0 unspecified atom stereocenters. The highest BCUT2D eigenvalue weighted by atomic mass is 16.3. The minimum absolute atomic E-state index is 0.0473. The highest BCUT2D eigenvalue weighted by Crippen LogP contribution is 2.21. The first-order valence-corrected chi connectivity index (χ1v) is 4.92. The number of phenols is 1. The molecule has 0 bridgehead atoms. The number of hydrogen-bond acceptors (Lipinski definition) is 5. The molecule has 1 aromatic carbocycles. The number of carbonyl (C=O) groups is 1. The number of rotatable bonds is 2. The summed E-state index contributed by atoms with van der Waals surface area (Å²) in [7, 11) is 0. The van der Waals surface area contributed by atoms with Crippen molar-refractivity contribution in [3.63, 3.8) is 0 Å². The molecule has 1 aromatic heterocycles. The molecule has 1 amide bonds. The Morgan fingerprint density at radius 2 is 2.18 bits per heavy atom. The van der Waals surface area contributed by atoms with Gasteiger partial charge >= 0.3 is 0 Å². The summed E-state index contributed by atoms with van der Waals surface area (Å²) in [6.07, 6.45) is 2.82. The van der Waals surface area contributed by atoms with Gasteiger partial charge in [0.2, 0.25) is 5.95 Å². The summed E-state index contributed by atoms with van der Waals surface area (Å²) in [5, 5.41) is 19.4. The Bertz CT molecular complexity index is 542. The molecule has 6 heteroatoms. The number of anilines is 1. The van der Waals surface area contributed by atoms with E-state index in [1.54, 1.807) is 19.1 Å². The zero-order valence-corrected chi connectivity index (χ0v) is 9.08. The molecule has 0 aliphatic heterocycles. The van der Waals surface area contributed by atoms with Crippen LogP contribution in [-0.4, -0.2) is 26.2 Å². The van der Waals surface area contributed by atoms with Crippen LogP contribution in [0, 0.1) is 6.92 Å². The lowest BCUT2D eigenvalue weighted by Crippen LogP contribution is -2.14. The number of carbonyl (C=O) groups excluding carboxylic acids is 1. The minimum Gasteiger partial charge on any atom is -0.507 e. The third-order valence-electron chi connectivity index (χ3n) is 2.19. The fraction of sp³-hybridized carbons (Fsp3) is 0.0909. The van der Waals surface area contributed by atoms with Crippen LogP contribution >= 0.6 is 0 Å². The molecule has 0 saturated carbocycles. The van der Waals surface area contributed by atoms with Crippen LogP contribution in [0.3, 0.4) is 0 Å². The normalized spacial score (nSPS) is 9.94. The number of nitrogens with zero attached hydrogens (tertiary/aromatic N) is 3. The first-order valence-electron chi connectivity index (χ1n) is 4.92. The Kier molecular flexibility index (Phi) is 2.95. The lowest BCUT2D eigenvalue weighted by atomic mass is 10.1. The van der Waals surface area contributed by atoms with Crippen LogP contribution in [0.15, 0.2) is 30.6 Å². The highest BCUT2D eigenvalue weighted by Gasteiger charge is 2.13. The summed E-state index contributed by atoms with van der Waals surface area (Å²) >= 11 is 0. The van der Waals surface area contributed by atoms with Gasteiger partial charge in [-0.25, -0.2) is 4.98 Å². The second kappa shape index (κ2) is 4.56. The van der Waals surface area contributed by atoms with Crippen LogP contribution in [-0.2, 0) is 0 Å². The van der Waals surface area contributed by atoms with E-state index in [0.29, 0.717) is 5.56 Å². The Labute approximate surface area is 97.4 Å². The van der Waals surface area contributed by atoms with Crippen LogP contribution in [0.4, 0.5) is 5.95 Å². The molecular formula is C11H10N4O2. The maximum atomic E-state index is 11.8. The van der Waals surface area contributed by atoms with Gasteiger partial charge in [-0.1, -0.05) is 12.1 Å². The largest absolute Gasteiger partial charge is 0.507 e. The van der Waals surface area contributed by atoms with E-state index < -0.39 is 5.91 Å². The Morgan fingerprint density at radius 3 is 2.88 bits per heavy atom. The molecule has 2 N–H and O–H groups in total. The third-order valence-corrected chi connectivity index (χ3v) is 2.19. The van der Waals surface area contributed by atoms with E-state index >= 15 is 0 Å². The summed E-state index contributed by atoms with van der Waals surface area (Å²) in [6, 6.07) is 4.93. The van der Waals surface area contributed by atoms with E-state index in [-0.39, 0.29) is 17.3 Å². The standard InChI is InChI=1S/C11H10N4O2/c1-7-3-2-4-8(9(7)16)10(17)14-11-12-5-6-13-15-11/h2-6,16H,1H3,(H,12,14,15,17). The van der Waals surface area contributed by atoms with Gasteiger partial charge in [-0.15, -0.1) is 5.10 Å². The Hall–Kier alpha value is -2.50. The van der Waals surface area contributed by atoms with Crippen molar-refractivity contribution >= 4 is 11.9 Å². The molecule has 0 radical (unpaired) electrons. The number of aromatic nitrogens is 3. The molecule has 2 aromatic rings. The average molecular weight is 230 g/mol. The van der Waals surface area contributed by atoms with Gasteiger partial charge in [0.25, 0.3) is 5.91 Å². The maximum absolute atomic E-state index is 11.8. The van der Waals surface area contributed by atoms with E-state index in [2.05, 4.69) is 20.5 Å². The summed E-state index contributed by atoms with van der Waals surface area (Å²) in [6.45, 7) is 1.71. The van der Waals surface area contributed by atoms with Crippen molar-refractivity contribution in [3.05, 3.63) is 41.7 Å². The zero-order valence-electron chi connectivity index (χ0n) is 9.08. The SMILES string of the molecule is Cc1cccc(C(=O)Nc2nccnn2)c1O. The van der Waals surface area contributed by atoms with Crippen molar-refractivity contribution in [2.45, 2.75) is 6.92 Å². The second-order valence-electron chi connectivity index (χ2n) is 3.39. The number of phenolic OH excluding ortho intramolecular Hbond substituents is 1. The predicted molar refractivity (Wildman–Crippen MR) is 60.6 cm³/mol. The predicted octanol–water partition coefficient (Wildman–Crippen LogP) is 1.14. The number of amides is 1. The topological polar surface area (TPSA) is 88.0 Å². The number of aromatic hydroxyl groups is 1. The fourth-order valence-corrected chi connectivity index (χ4v) is 1.32.